The molecular formula is C12H16BrClFNO. The summed E-state index contributed by atoms with van der Waals surface area (Å²) < 4.78 is 19.6. The van der Waals surface area contributed by atoms with E-state index in [9.17, 15) is 4.39 Å². The van der Waals surface area contributed by atoms with E-state index in [0.29, 0.717) is 16.0 Å². The quantitative estimate of drug-likeness (QED) is 0.904. The van der Waals surface area contributed by atoms with Crippen molar-refractivity contribution >= 4 is 28.3 Å². The van der Waals surface area contributed by atoms with Crippen LogP contribution in [0.25, 0.3) is 0 Å². The summed E-state index contributed by atoms with van der Waals surface area (Å²) in [6, 6.07) is 5.04. The Hall–Kier alpha value is -0.160. The Morgan fingerprint density at radius 1 is 1.35 bits per heavy atom. The molecule has 1 aromatic carbocycles. The lowest BCUT2D eigenvalue weighted by Gasteiger charge is -2.28. The van der Waals surface area contributed by atoms with Gasteiger partial charge in [-0.3, -0.25) is 0 Å². The molecule has 1 fully saturated rings. The first-order valence-corrected chi connectivity index (χ1v) is 6.26. The molecule has 0 spiro atoms. The molecule has 0 radical (unpaired) electrons. The third-order valence-electron chi connectivity index (χ3n) is 3.11. The Labute approximate surface area is 115 Å². The van der Waals surface area contributed by atoms with Crippen molar-refractivity contribution in [3.8, 4) is 0 Å². The van der Waals surface area contributed by atoms with E-state index < -0.39 is 0 Å². The van der Waals surface area contributed by atoms with Crippen molar-refractivity contribution in [1.82, 2.24) is 0 Å². The molecule has 2 rings (SSSR count). The summed E-state index contributed by atoms with van der Waals surface area (Å²) in [5, 5.41) is 0. The fraction of sp³-hybridized carbons (Fsp3) is 0.500. The van der Waals surface area contributed by atoms with Gasteiger partial charge in [0.15, 0.2) is 0 Å². The number of hydrogen-bond acceptors (Lipinski definition) is 2. The van der Waals surface area contributed by atoms with E-state index >= 15 is 0 Å². The van der Waals surface area contributed by atoms with Gasteiger partial charge in [-0.2, -0.15) is 0 Å². The molecule has 0 unspecified atom stereocenters. The number of nitrogens with two attached hydrogens (primary N) is 1. The highest BCUT2D eigenvalue weighted by Crippen LogP contribution is 2.31. The van der Waals surface area contributed by atoms with Crippen LogP contribution in [0, 0.1) is 11.7 Å². The Morgan fingerprint density at radius 2 is 2.00 bits per heavy atom. The Morgan fingerprint density at radius 3 is 2.65 bits per heavy atom. The molecule has 0 aromatic heterocycles. The Bertz CT molecular complexity index is 372. The first kappa shape index (κ1) is 14.9. The zero-order valence-electron chi connectivity index (χ0n) is 9.36. The maximum Gasteiger partial charge on any atom is 0.142 e. The van der Waals surface area contributed by atoms with Gasteiger partial charge < -0.3 is 10.5 Å². The van der Waals surface area contributed by atoms with Gasteiger partial charge in [-0.25, -0.2) is 4.39 Å². The minimum absolute atomic E-state index is 0. The second-order valence-corrected chi connectivity index (χ2v) is 4.97. The van der Waals surface area contributed by atoms with E-state index in [0.717, 1.165) is 26.1 Å². The maximum absolute atomic E-state index is 13.8. The average molecular weight is 325 g/mol. The normalized spacial score (nSPS) is 18.5. The van der Waals surface area contributed by atoms with Crippen LogP contribution in [0.5, 0.6) is 0 Å². The lowest BCUT2D eigenvalue weighted by molar-refractivity contribution is 0.0580. The average Bonchev–Trinajstić information content (AvgIpc) is 2.33. The van der Waals surface area contributed by atoms with Gasteiger partial charge in [-0.15, -0.1) is 12.4 Å². The van der Waals surface area contributed by atoms with Crippen LogP contribution in [0.3, 0.4) is 0 Å². The van der Waals surface area contributed by atoms with Gasteiger partial charge in [0.05, 0.1) is 4.47 Å². The molecule has 1 atom stereocenters. The zero-order valence-corrected chi connectivity index (χ0v) is 11.8. The predicted octanol–water partition coefficient (Wildman–Crippen LogP) is 3.44. The minimum atomic E-state index is -0.235. The van der Waals surface area contributed by atoms with Crippen LogP contribution in [0.1, 0.15) is 24.4 Å². The fourth-order valence-corrected chi connectivity index (χ4v) is 2.49. The van der Waals surface area contributed by atoms with Gasteiger partial charge in [0.25, 0.3) is 0 Å². The summed E-state index contributed by atoms with van der Waals surface area (Å²) in [6.45, 7) is 1.46. The number of hydrogen-bond donors (Lipinski definition) is 1. The second kappa shape index (κ2) is 6.69. The van der Waals surface area contributed by atoms with Crippen LogP contribution in [0.4, 0.5) is 4.39 Å². The van der Waals surface area contributed by atoms with Crippen molar-refractivity contribution in [2.45, 2.75) is 18.9 Å². The topological polar surface area (TPSA) is 35.2 Å². The second-order valence-electron chi connectivity index (χ2n) is 4.12. The molecule has 1 aliphatic heterocycles. The summed E-state index contributed by atoms with van der Waals surface area (Å²) in [6.07, 6.45) is 1.82. The van der Waals surface area contributed by atoms with E-state index in [1.807, 2.05) is 6.07 Å². The van der Waals surface area contributed by atoms with E-state index in [1.165, 1.54) is 0 Å². The molecule has 0 bridgehead atoms. The molecule has 0 amide bonds. The van der Waals surface area contributed by atoms with Gasteiger partial charge >= 0.3 is 0 Å². The molecular weight excluding hydrogens is 308 g/mol. The van der Waals surface area contributed by atoms with Crippen molar-refractivity contribution in [3.63, 3.8) is 0 Å². The fourth-order valence-electron chi connectivity index (χ4n) is 2.11. The molecule has 1 aliphatic rings. The van der Waals surface area contributed by atoms with Gasteiger partial charge in [-0.1, -0.05) is 12.1 Å². The third-order valence-corrected chi connectivity index (χ3v) is 3.73. The Balaban J connectivity index is 0.00000144. The lowest BCUT2D eigenvalue weighted by atomic mass is 9.87. The van der Waals surface area contributed by atoms with Crippen molar-refractivity contribution in [2.75, 3.05) is 13.2 Å². The van der Waals surface area contributed by atoms with Crippen LogP contribution in [0.2, 0.25) is 0 Å². The van der Waals surface area contributed by atoms with Crippen molar-refractivity contribution < 1.29 is 9.13 Å². The molecule has 0 aliphatic carbocycles. The van der Waals surface area contributed by atoms with Crippen LogP contribution >= 0.6 is 28.3 Å². The number of halogens is 3. The van der Waals surface area contributed by atoms with Crippen LogP contribution in [0.15, 0.2) is 22.7 Å². The first-order chi connectivity index (χ1) is 7.70. The van der Waals surface area contributed by atoms with Crippen LogP contribution < -0.4 is 5.73 Å². The van der Waals surface area contributed by atoms with Gasteiger partial charge in [0, 0.05) is 24.8 Å². The largest absolute Gasteiger partial charge is 0.381 e. The Kier molecular flexibility index (Phi) is 5.86. The van der Waals surface area contributed by atoms with E-state index in [-0.39, 0.29) is 24.3 Å². The maximum atomic E-state index is 13.8. The molecule has 1 heterocycles. The van der Waals surface area contributed by atoms with Crippen molar-refractivity contribution in [3.05, 3.63) is 34.1 Å². The summed E-state index contributed by atoms with van der Waals surface area (Å²) in [7, 11) is 0. The molecule has 2 N–H and O–H groups in total. The van der Waals surface area contributed by atoms with Gasteiger partial charge in [0.1, 0.15) is 5.82 Å². The van der Waals surface area contributed by atoms with E-state index in [4.69, 9.17) is 10.5 Å². The summed E-state index contributed by atoms with van der Waals surface area (Å²) in [4.78, 5) is 0. The number of ether oxygens (including phenoxy) is 1. The molecule has 0 saturated carbocycles. The molecule has 5 heteroatoms. The number of rotatable bonds is 2. The van der Waals surface area contributed by atoms with E-state index in [1.54, 1.807) is 12.1 Å². The standard InChI is InChI=1S/C12H15BrFNO.ClH/c13-10-3-1-2-9(11(10)14)12(15)8-4-6-16-7-5-8;/h1-3,8,12H,4-7,15H2;1H/t12-;/m1./s1. The minimum Gasteiger partial charge on any atom is -0.381 e. The number of benzene rings is 1. The molecule has 96 valence electrons. The highest BCUT2D eigenvalue weighted by molar-refractivity contribution is 9.10. The highest BCUT2D eigenvalue weighted by Gasteiger charge is 2.24. The highest BCUT2D eigenvalue weighted by atomic mass is 79.9. The van der Waals surface area contributed by atoms with Gasteiger partial charge in [-0.05, 0) is 40.8 Å². The van der Waals surface area contributed by atoms with Crippen LogP contribution in [-0.4, -0.2) is 13.2 Å². The van der Waals surface area contributed by atoms with Crippen LogP contribution in [-0.2, 0) is 4.74 Å². The van der Waals surface area contributed by atoms with Crippen molar-refractivity contribution in [2.24, 2.45) is 11.7 Å². The molecule has 17 heavy (non-hydrogen) atoms. The van der Waals surface area contributed by atoms with Crippen molar-refractivity contribution in [1.29, 1.82) is 0 Å². The van der Waals surface area contributed by atoms with E-state index in [2.05, 4.69) is 15.9 Å². The SMILES string of the molecule is Cl.N[C@@H](c1cccc(Br)c1F)C1CCOCC1. The first-order valence-electron chi connectivity index (χ1n) is 5.47. The molecule has 2 nitrogen and oxygen atoms in total. The summed E-state index contributed by atoms with van der Waals surface area (Å²) in [5.74, 6) is 0.0824. The molecule has 1 saturated heterocycles. The zero-order chi connectivity index (χ0) is 11.5. The summed E-state index contributed by atoms with van der Waals surface area (Å²) in [5.41, 5.74) is 6.72. The smallest absolute Gasteiger partial charge is 0.142 e. The molecule has 1 aromatic rings. The summed E-state index contributed by atoms with van der Waals surface area (Å²) >= 11 is 3.18. The third kappa shape index (κ3) is 3.41. The lowest BCUT2D eigenvalue weighted by Crippen LogP contribution is -2.28. The predicted molar refractivity (Wildman–Crippen MR) is 71.8 cm³/mol. The monoisotopic (exact) mass is 323 g/mol. The van der Waals surface area contributed by atoms with Gasteiger partial charge in [0.2, 0.25) is 0 Å².